The molecule has 14 heavy (non-hydrogen) atoms. The lowest BCUT2D eigenvalue weighted by molar-refractivity contribution is -0.132. The normalized spacial score (nSPS) is 16.1. The molecule has 0 unspecified atom stereocenters. The minimum Gasteiger partial charge on any atom is -0.330 e. The summed E-state index contributed by atoms with van der Waals surface area (Å²) in [6.45, 7) is 4.94. The van der Waals surface area contributed by atoms with Crippen LogP contribution in [0.5, 0.6) is 0 Å². The number of halogens is 1. The Hall–Kier alpha value is -0.490. The van der Waals surface area contributed by atoms with Crippen LogP contribution in [-0.4, -0.2) is 28.2 Å². The van der Waals surface area contributed by atoms with Gasteiger partial charge in [0.1, 0.15) is 0 Å². The van der Waals surface area contributed by atoms with Gasteiger partial charge in [0.25, 0.3) is 0 Å². The Labute approximate surface area is 94.2 Å². The minimum atomic E-state index is -0.501. The number of amides is 1. The highest BCUT2D eigenvalue weighted by Gasteiger charge is 2.32. The maximum absolute atomic E-state index is 11.9. The van der Waals surface area contributed by atoms with E-state index in [2.05, 4.69) is 21.9 Å². The number of hydrogen-bond acceptors (Lipinski definition) is 1. The van der Waals surface area contributed by atoms with Crippen molar-refractivity contribution in [1.29, 1.82) is 0 Å². The molecule has 1 fully saturated rings. The van der Waals surface area contributed by atoms with Crippen molar-refractivity contribution in [2.45, 2.75) is 31.0 Å². The first kappa shape index (κ1) is 11.6. The third kappa shape index (κ3) is 3.34. The molecule has 0 saturated heterocycles. The van der Waals surface area contributed by atoms with E-state index in [1.54, 1.807) is 4.90 Å². The van der Waals surface area contributed by atoms with Crippen LogP contribution in [0.4, 0.5) is 0 Å². The molecule has 0 aliphatic heterocycles. The lowest BCUT2D eigenvalue weighted by atomic mass is 10.2. The van der Waals surface area contributed by atoms with Crippen LogP contribution in [0.25, 0.3) is 0 Å². The van der Waals surface area contributed by atoms with Gasteiger partial charge >= 0.3 is 0 Å². The molecule has 1 rings (SSSR count). The van der Waals surface area contributed by atoms with Gasteiger partial charge in [0.05, 0.1) is 10.9 Å². The van der Waals surface area contributed by atoms with Gasteiger partial charge in [-0.15, -0.1) is 6.42 Å². The van der Waals surface area contributed by atoms with Crippen LogP contribution in [0.3, 0.4) is 0 Å². The third-order valence-electron chi connectivity index (χ3n) is 2.25. The quantitative estimate of drug-likeness (QED) is 0.558. The third-order valence-corrected chi connectivity index (χ3v) is 2.59. The molecule has 0 bridgehead atoms. The molecule has 2 nitrogen and oxygen atoms in total. The summed E-state index contributed by atoms with van der Waals surface area (Å²) in [5.74, 6) is 3.31. The first-order valence-electron chi connectivity index (χ1n) is 4.87. The van der Waals surface area contributed by atoms with Crippen molar-refractivity contribution in [3.8, 4) is 12.3 Å². The Morgan fingerprint density at radius 3 is 2.57 bits per heavy atom. The van der Waals surface area contributed by atoms with Crippen LogP contribution in [0.1, 0.15) is 26.7 Å². The zero-order valence-corrected chi connectivity index (χ0v) is 10.3. The summed E-state index contributed by atoms with van der Waals surface area (Å²) in [5.41, 5.74) is 0. The summed E-state index contributed by atoms with van der Waals surface area (Å²) in [6, 6.07) is 0. The van der Waals surface area contributed by atoms with Gasteiger partial charge in [-0.05, 0) is 32.6 Å². The predicted octanol–water partition coefficient (Wildman–Crippen LogP) is 2.03. The van der Waals surface area contributed by atoms with Gasteiger partial charge in [-0.25, -0.2) is 0 Å². The molecule has 0 spiro atoms. The molecule has 78 valence electrons. The fourth-order valence-corrected chi connectivity index (χ4v) is 1.57. The second kappa shape index (κ2) is 4.35. The number of carbonyl (C=O) groups is 1. The number of nitrogens with zero attached hydrogens (tertiary/aromatic N) is 1. The van der Waals surface area contributed by atoms with Crippen molar-refractivity contribution in [2.75, 3.05) is 13.1 Å². The summed E-state index contributed by atoms with van der Waals surface area (Å²) in [5, 5.41) is 0. The average Bonchev–Trinajstić information content (AvgIpc) is 2.84. The van der Waals surface area contributed by atoms with E-state index in [0.29, 0.717) is 12.5 Å². The number of terminal acetylenes is 1. The standard InChI is InChI=1S/C11H16BrNO/c1-4-7-13(8-9-5-6-9)10(14)11(2,3)12/h1,9H,5-8H2,2-3H3. The first-order valence-corrected chi connectivity index (χ1v) is 5.66. The van der Waals surface area contributed by atoms with Crippen molar-refractivity contribution < 1.29 is 4.79 Å². The Morgan fingerprint density at radius 1 is 1.64 bits per heavy atom. The van der Waals surface area contributed by atoms with Gasteiger partial charge in [-0.1, -0.05) is 21.9 Å². The Kier molecular flexibility index (Phi) is 3.60. The van der Waals surface area contributed by atoms with Crippen LogP contribution in [0.15, 0.2) is 0 Å². The van der Waals surface area contributed by atoms with E-state index >= 15 is 0 Å². The van der Waals surface area contributed by atoms with Gasteiger partial charge < -0.3 is 4.90 Å². The Morgan fingerprint density at radius 2 is 2.21 bits per heavy atom. The lowest BCUT2D eigenvalue weighted by Crippen LogP contribution is -2.42. The SMILES string of the molecule is C#CCN(CC1CC1)C(=O)C(C)(C)Br. The first-order chi connectivity index (χ1) is 6.45. The van der Waals surface area contributed by atoms with Crippen LogP contribution in [0, 0.1) is 18.3 Å². The number of alkyl halides is 1. The molecule has 1 aliphatic carbocycles. The molecule has 1 amide bonds. The molecular weight excluding hydrogens is 242 g/mol. The Balaban J connectivity index is 2.56. The number of hydrogen-bond donors (Lipinski definition) is 0. The van der Waals surface area contributed by atoms with E-state index in [1.165, 1.54) is 12.8 Å². The van der Waals surface area contributed by atoms with E-state index in [4.69, 9.17) is 6.42 Å². The van der Waals surface area contributed by atoms with Gasteiger partial charge in [-0.3, -0.25) is 4.79 Å². The summed E-state index contributed by atoms with van der Waals surface area (Å²) in [7, 11) is 0. The summed E-state index contributed by atoms with van der Waals surface area (Å²) >= 11 is 3.37. The highest BCUT2D eigenvalue weighted by atomic mass is 79.9. The Bertz CT molecular complexity index is 257. The largest absolute Gasteiger partial charge is 0.330 e. The minimum absolute atomic E-state index is 0.0855. The molecule has 0 N–H and O–H groups in total. The van der Waals surface area contributed by atoms with Gasteiger partial charge in [0.15, 0.2) is 0 Å². The molecule has 0 radical (unpaired) electrons. The van der Waals surface area contributed by atoms with Crippen molar-refractivity contribution in [1.82, 2.24) is 4.90 Å². The zero-order valence-electron chi connectivity index (χ0n) is 8.72. The average molecular weight is 258 g/mol. The van der Waals surface area contributed by atoms with Crippen LogP contribution in [0.2, 0.25) is 0 Å². The van der Waals surface area contributed by atoms with E-state index in [0.717, 1.165) is 6.54 Å². The summed E-state index contributed by atoms with van der Waals surface area (Å²) in [6.07, 6.45) is 7.71. The summed E-state index contributed by atoms with van der Waals surface area (Å²) in [4.78, 5) is 13.7. The van der Waals surface area contributed by atoms with Crippen molar-refractivity contribution in [3.05, 3.63) is 0 Å². The fourth-order valence-electron chi connectivity index (χ4n) is 1.32. The maximum atomic E-state index is 11.9. The van der Waals surface area contributed by atoms with Crippen LogP contribution < -0.4 is 0 Å². The zero-order chi connectivity index (χ0) is 10.8. The lowest BCUT2D eigenvalue weighted by Gasteiger charge is -2.26. The fraction of sp³-hybridized carbons (Fsp3) is 0.727. The molecule has 1 aliphatic rings. The monoisotopic (exact) mass is 257 g/mol. The van der Waals surface area contributed by atoms with Crippen molar-refractivity contribution in [2.24, 2.45) is 5.92 Å². The molecule has 1 saturated carbocycles. The smallest absolute Gasteiger partial charge is 0.239 e. The van der Waals surface area contributed by atoms with E-state index < -0.39 is 4.32 Å². The maximum Gasteiger partial charge on any atom is 0.239 e. The number of carbonyl (C=O) groups excluding carboxylic acids is 1. The topological polar surface area (TPSA) is 20.3 Å². The molecule has 0 atom stereocenters. The molecule has 0 aromatic rings. The van der Waals surface area contributed by atoms with E-state index in [1.807, 2.05) is 13.8 Å². The van der Waals surface area contributed by atoms with Gasteiger partial charge in [0.2, 0.25) is 5.91 Å². The number of rotatable bonds is 4. The van der Waals surface area contributed by atoms with E-state index in [9.17, 15) is 4.79 Å². The second-order valence-electron chi connectivity index (χ2n) is 4.31. The second-order valence-corrected chi connectivity index (χ2v) is 6.29. The molecule has 0 aromatic carbocycles. The summed E-state index contributed by atoms with van der Waals surface area (Å²) < 4.78 is -0.501. The van der Waals surface area contributed by atoms with E-state index in [-0.39, 0.29) is 5.91 Å². The molecule has 0 aromatic heterocycles. The predicted molar refractivity (Wildman–Crippen MR) is 61.1 cm³/mol. The van der Waals surface area contributed by atoms with Gasteiger partial charge in [0, 0.05) is 6.54 Å². The van der Waals surface area contributed by atoms with Crippen molar-refractivity contribution in [3.63, 3.8) is 0 Å². The molecular formula is C11H16BrNO. The van der Waals surface area contributed by atoms with Crippen molar-refractivity contribution >= 4 is 21.8 Å². The molecule has 0 heterocycles. The van der Waals surface area contributed by atoms with Gasteiger partial charge in [-0.2, -0.15) is 0 Å². The van der Waals surface area contributed by atoms with Crippen LogP contribution in [-0.2, 0) is 4.79 Å². The highest BCUT2D eigenvalue weighted by molar-refractivity contribution is 9.10. The molecule has 3 heteroatoms. The highest BCUT2D eigenvalue weighted by Crippen LogP contribution is 2.31. The van der Waals surface area contributed by atoms with Crippen LogP contribution >= 0.6 is 15.9 Å².